The van der Waals surface area contributed by atoms with Gasteiger partial charge in [0.15, 0.2) is 11.6 Å². The molecule has 0 saturated heterocycles. The first-order chi connectivity index (χ1) is 7.63. The average Bonchev–Trinajstić information content (AvgIpc) is 2.28. The van der Waals surface area contributed by atoms with Crippen molar-refractivity contribution in [3.05, 3.63) is 29.3 Å². The van der Waals surface area contributed by atoms with E-state index in [1.54, 1.807) is 7.05 Å². The molecule has 0 aliphatic rings. The van der Waals surface area contributed by atoms with Crippen molar-refractivity contribution in [1.29, 1.82) is 0 Å². The zero-order valence-electron chi connectivity index (χ0n) is 9.26. The van der Waals surface area contributed by atoms with Crippen LogP contribution >= 0.6 is 0 Å². The molecule has 16 heavy (non-hydrogen) atoms. The minimum atomic E-state index is -0.631. The summed E-state index contributed by atoms with van der Waals surface area (Å²) >= 11 is 0. The molecule has 0 aromatic heterocycles. The van der Waals surface area contributed by atoms with Gasteiger partial charge in [0, 0.05) is 18.5 Å². The molecule has 5 heteroatoms. The van der Waals surface area contributed by atoms with Gasteiger partial charge in [0.1, 0.15) is 5.82 Å². The molecule has 2 N–H and O–H groups in total. The lowest BCUT2D eigenvalue weighted by atomic mass is 9.99. The highest BCUT2D eigenvalue weighted by Gasteiger charge is 2.17. The normalized spacial score (nSPS) is 12.6. The van der Waals surface area contributed by atoms with Gasteiger partial charge < -0.3 is 15.2 Å². The summed E-state index contributed by atoms with van der Waals surface area (Å²) in [5.74, 6) is -1.81. The summed E-state index contributed by atoms with van der Waals surface area (Å²) in [5, 5.41) is 11.9. The number of hydrogen-bond donors (Lipinski definition) is 2. The molecule has 0 radical (unpaired) electrons. The smallest absolute Gasteiger partial charge is 0.165 e. The number of aliphatic hydroxyl groups is 1. The molecule has 1 aromatic carbocycles. The summed E-state index contributed by atoms with van der Waals surface area (Å²) in [5.41, 5.74) is 0.148. The number of methoxy groups -OCH3 is 1. The Bertz CT molecular complexity index is 358. The summed E-state index contributed by atoms with van der Waals surface area (Å²) < 4.78 is 31.6. The van der Waals surface area contributed by atoms with Crippen molar-refractivity contribution in [2.24, 2.45) is 0 Å². The van der Waals surface area contributed by atoms with Crippen LogP contribution in [0.15, 0.2) is 12.1 Å². The molecule has 0 spiro atoms. The Kier molecular flexibility index (Phi) is 4.64. The van der Waals surface area contributed by atoms with E-state index in [4.69, 9.17) is 5.11 Å². The molecule has 0 aliphatic carbocycles. The fraction of sp³-hybridized carbons (Fsp3) is 0.455. The second-order valence-corrected chi connectivity index (χ2v) is 3.45. The Morgan fingerprint density at radius 3 is 2.56 bits per heavy atom. The third-order valence-corrected chi connectivity index (χ3v) is 2.38. The molecule has 0 heterocycles. The largest absolute Gasteiger partial charge is 0.494 e. The Labute approximate surface area is 93.0 Å². The van der Waals surface area contributed by atoms with Crippen molar-refractivity contribution >= 4 is 0 Å². The Morgan fingerprint density at radius 1 is 1.38 bits per heavy atom. The Hall–Kier alpha value is -1.20. The lowest BCUT2D eigenvalue weighted by Crippen LogP contribution is -2.21. The van der Waals surface area contributed by atoms with Crippen molar-refractivity contribution in [3.63, 3.8) is 0 Å². The molecule has 1 atom stereocenters. The molecule has 0 saturated carbocycles. The monoisotopic (exact) mass is 231 g/mol. The molecule has 90 valence electrons. The van der Waals surface area contributed by atoms with Crippen LogP contribution in [0, 0.1) is 11.6 Å². The number of halogens is 2. The molecule has 1 unspecified atom stereocenters. The van der Waals surface area contributed by atoms with Crippen LogP contribution in [-0.4, -0.2) is 32.4 Å². The number of benzene rings is 1. The van der Waals surface area contributed by atoms with E-state index in [0.29, 0.717) is 6.54 Å². The zero-order chi connectivity index (χ0) is 12.1. The quantitative estimate of drug-likeness (QED) is 0.801. The maximum Gasteiger partial charge on any atom is 0.165 e. The van der Waals surface area contributed by atoms with Crippen molar-refractivity contribution < 1.29 is 18.6 Å². The molecule has 1 rings (SSSR count). The maximum atomic E-state index is 13.6. The molecular formula is C11H15F2NO2. The van der Waals surface area contributed by atoms with Gasteiger partial charge in [-0.3, -0.25) is 0 Å². The third-order valence-electron chi connectivity index (χ3n) is 2.38. The van der Waals surface area contributed by atoms with Crippen molar-refractivity contribution in [1.82, 2.24) is 5.32 Å². The van der Waals surface area contributed by atoms with Crippen molar-refractivity contribution in [2.75, 3.05) is 27.3 Å². The van der Waals surface area contributed by atoms with Gasteiger partial charge in [0.25, 0.3) is 0 Å². The highest BCUT2D eigenvalue weighted by Crippen LogP contribution is 2.26. The predicted octanol–water partition coefficient (Wildman–Crippen LogP) is 1.27. The number of rotatable bonds is 5. The van der Waals surface area contributed by atoms with Gasteiger partial charge in [-0.2, -0.15) is 0 Å². The van der Waals surface area contributed by atoms with Crippen LogP contribution in [0.2, 0.25) is 0 Å². The number of likely N-dealkylation sites (N-methyl/N-ethyl adjacent to an activating group) is 1. The van der Waals surface area contributed by atoms with E-state index < -0.39 is 17.6 Å². The molecule has 1 aromatic rings. The molecule has 3 nitrogen and oxygen atoms in total. The summed E-state index contributed by atoms with van der Waals surface area (Å²) in [6.07, 6.45) is 0. The molecular weight excluding hydrogens is 216 g/mol. The second kappa shape index (κ2) is 5.77. The van der Waals surface area contributed by atoms with Crippen LogP contribution in [0.25, 0.3) is 0 Å². The van der Waals surface area contributed by atoms with Gasteiger partial charge in [-0.05, 0) is 18.7 Å². The summed E-state index contributed by atoms with van der Waals surface area (Å²) in [7, 11) is 2.95. The van der Waals surface area contributed by atoms with Gasteiger partial charge >= 0.3 is 0 Å². The van der Waals surface area contributed by atoms with Crippen molar-refractivity contribution in [3.8, 4) is 5.75 Å². The van der Waals surface area contributed by atoms with Gasteiger partial charge in [0.2, 0.25) is 0 Å². The van der Waals surface area contributed by atoms with Crippen LogP contribution in [0.3, 0.4) is 0 Å². The SMILES string of the molecule is CNCC(CO)c1cc(F)c(OC)cc1F. The summed E-state index contributed by atoms with van der Waals surface area (Å²) in [6, 6.07) is 2.05. The number of nitrogens with one attached hydrogen (secondary N) is 1. The fourth-order valence-electron chi connectivity index (χ4n) is 1.53. The lowest BCUT2D eigenvalue weighted by molar-refractivity contribution is 0.260. The average molecular weight is 231 g/mol. The van der Waals surface area contributed by atoms with Crippen LogP contribution in [0.5, 0.6) is 5.75 Å². The maximum absolute atomic E-state index is 13.6. The zero-order valence-corrected chi connectivity index (χ0v) is 9.26. The number of ether oxygens (including phenoxy) is 1. The first-order valence-electron chi connectivity index (χ1n) is 4.92. The topological polar surface area (TPSA) is 41.5 Å². The summed E-state index contributed by atoms with van der Waals surface area (Å²) in [6.45, 7) is 0.128. The van der Waals surface area contributed by atoms with E-state index in [1.165, 1.54) is 7.11 Å². The highest BCUT2D eigenvalue weighted by atomic mass is 19.1. The summed E-state index contributed by atoms with van der Waals surface area (Å²) in [4.78, 5) is 0. The van der Waals surface area contributed by atoms with E-state index in [-0.39, 0.29) is 17.9 Å². The van der Waals surface area contributed by atoms with Crippen LogP contribution in [0.1, 0.15) is 11.5 Å². The first-order valence-corrected chi connectivity index (χ1v) is 4.92. The Morgan fingerprint density at radius 2 is 2.06 bits per heavy atom. The lowest BCUT2D eigenvalue weighted by Gasteiger charge is -2.15. The minimum Gasteiger partial charge on any atom is -0.494 e. The van der Waals surface area contributed by atoms with E-state index in [0.717, 1.165) is 12.1 Å². The van der Waals surface area contributed by atoms with Gasteiger partial charge in [-0.1, -0.05) is 0 Å². The van der Waals surface area contributed by atoms with Crippen LogP contribution in [-0.2, 0) is 0 Å². The van der Waals surface area contributed by atoms with Gasteiger partial charge in [-0.25, -0.2) is 8.78 Å². The molecule has 0 aliphatic heterocycles. The fourth-order valence-corrected chi connectivity index (χ4v) is 1.53. The molecule has 0 fully saturated rings. The van der Waals surface area contributed by atoms with E-state index >= 15 is 0 Å². The van der Waals surface area contributed by atoms with E-state index in [1.807, 2.05) is 0 Å². The standard InChI is InChI=1S/C11H15F2NO2/c1-14-5-7(6-15)8-3-10(13)11(16-2)4-9(8)12/h3-4,7,14-15H,5-6H2,1-2H3. The number of aliphatic hydroxyl groups excluding tert-OH is 1. The van der Waals surface area contributed by atoms with Gasteiger partial charge in [0.05, 0.1) is 13.7 Å². The van der Waals surface area contributed by atoms with Crippen LogP contribution < -0.4 is 10.1 Å². The number of hydrogen-bond acceptors (Lipinski definition) is 3. The first kappa shape index (κ1) is 12.9. The molecule has 0 amide bonds. The van der Waals surface area contributed by atoms with E-state index in [2.05, 4.69) is 10.1 Å². The Balaban J connectivity index is 3.08. The van der Waals surface area contributed by atoms with Crippen molar-refractivity contribution in [2.45, 2.75) is 5.92 Å². The minimum absolute atomic E-state index is 0.137. The third kappa shape index (κ3) is 2.68. The van der Waals surface area contributed by atoms with Crippen LogP contribution in [0.4, 0.5) is 8.78 Å². The molecule has 0 bridgehead atoms. The second-order valence-electron chi connectivity index (χ2n) is 3.45. The van der Waals surface area contributed by atoms with Gasteiger partial charge in [-0.15, -0.1) is 0 Å². The predicted molar refractivity (Wildman–Crippen MR) is 56.7 cm³/mol. The van der Waals surface area contributed by atoms with E-state index in [9.17, 15) is 8.78 Å². The highest BCUT2D eigenvalue weighted by molar-refractivity contribution is 5.33.